The zero-order chi connectivity index (χ0) is 12.5. The zero-order valence-corrected chi connectivity index (χ0v) is 12.1. The molecule has 0 spiro atoms. The number of hydrogen-bond donors (Lipinski definition) is 1. The van der Waals surface area contributed by atoms with Crippen LogP contribution in [0.3, 0.4) is 0 Å². The minimum absolute atomic E-state index is 0.725. The van der Waals surface area contributed by atoms with Gasteiger partial charge >= 0.3 is 0 Å². The fourth-order valence-electron chi connectivity index (χ4n) is 2.36. The lowest BCUT2D eigenvalue weighted by Crippen LogP contribution is -2.43. The highest BCUT2D eigenvalue weighted by molar-refractivity contribution is 9.10. The fraction of sp³-hybridized carbons (Fsp3) is 0.308. The van der Waals surface area contributed by atoms with Gasteiger partial charge in [0.2, 0.25) is 0 Å². The summed E-state index contributed by atoms with van der Waals surface area (Å²) in [6.45, 7) is 3.94. The minimum Gasteiger partial charge on any atom is -0.367 e. The molecule has 5 heteroatoms. The predicted octanol–water partition coefficient (Wildman–Crippen LogP) is 3.06. The third kappa shape index (κ3) is 2.09. The van der Waals surface area contributed by atoms with E-state index in [1.165, 1.54) is 0 Å². The van der Waals surface area contributed by atoms with E-state index in [2.05, 4.69) is 37.2 Å². The van der Waals surface area contributed by atoms with Gasteiger partial charge in [-0.25, -0.2) is 0 Å². The summed E-state index contributed by atoms with van der Waals surface area (Å²) in [5.74, 6) is 0. The Balaban J connectivity index is 2.19. The van der Waals surface area contributed by atoms with Crippen molar-refractivity contribution in [3.8, 4) is 0 Å². The van der Waals surface area contributed by atoms with Gasteiger partial charge in [0.15, 0.2) is 0 Å². The van der Waals surface area contributed by atoms with E-state index in [1.807, 2.05) is 12.1 Å². The maximum atomic E-state index is 6.35. The predicted molar refractivity (Wildman–Crippen MR) is 79.5 cm³/mol. The SMILES string of the molecule is Clc1cnc2c(Br)cccc2c1N1CCNCC1. The number of aromatic nitrogens is 1. The number of nitrogens with one attached hydrogen (secondary N) is 1. The first-order valence-electron chi connectivity index (χ1n) is 5.96. The van der Waals surface area contributed by atoms with E-state index < -0.39 is 0 Å². The summed E-state index contributed by atoms with van der Waals surface area (Å²) in [7, 11) is 0. The van der Waals surface area contributed by atoms with Crippen LogP contribution in [0, 0.1) is 0 Å². The number of benzene rings is 1. The molecule has 1 aliphatic heterocycles. The van der Waals surface area contributed by atoms with Gasteiger partial charge in [-0.05, 0) is 22.0 Å². The average molecular weight is 327 g/mol. The molecule has 3 rings (SSSR count). The van der Waals surface area contributed by atoms with Crippen LogP contribution in [0.5, 0.6) is 0 Å². The molecule has 1 fully saturated rings. The van der Waals surface area contributed by atoms with Crippen molar-refractivity contribution in [1.82, 2.24) is 10.3 Å². The van der Waals surface area contributed by atoms with E-state index >= 15 is 0 Å². The van der Waals surface area contributed by atoms with Crippen molar-refractivity contribution >= 4 is 44.1 Å². The lowest BCUT2D eigenvalue weighted by molar-refractivity contribution is 0.590. The van der Waals surface area contributed by atoms with Crippen molar-refractivity contribution in [1.29, 1.82) is 0 Å². The Morgan fingerprint density at radius 2 is 2.06 bits per heavy atom. The number of rotatable bonds is 1. The number of anilines is 1. The number of fused-ring (bicyclic) bond motifs is 1. The molecular weight excluding hydrogens is 314 g/mol. The Morgan fingerprint density at radius 1 is 1.28 bits per heavy atom. The molecule has 3 nitrogen and oxygen atoms in total. The van der Waals surface area contributed by atoms with Crippen LogP contribution in [0.25, 0.3) is 10.9 Å². The van der Waals surface area contributed by atoms with Crippen molar-refractivity contribution in [2.75, 3.05) is 31.1 Å². The molecule has 2 aromatic rings. The zero-order valence-electron chi connectivity index (χ0n) is 9.79. The second kappa shape index (κ2) is 5.03. The Bertz CT molecular complexity index is 582. The third-order valence-electron chi connectivity index (χ3n) is 3.21. The summed E-state index contributed by atoms with van der Waals surface area (Å²) in [6.07, 6.45) is 1.74. The molecule has 0 aliphatic carbocycles. The summed E-state index contributed by atoms with van der Waals surface area (Å²) in [4.78, 5) is 6.74. The van der Waals surface area contributed by atoms with Gasteiger partial charge in [0.1, 0.15) is 0 Å². The lowest BCUT2D eigenvalue weighted by atomic mass is 10.1. The Hall–Kier alpha value is -0.840. The van der Waals surface area contributed by atoms with Crippen molar-refractivity contribution < 1.29 is 0 Å². The van der Waals surface area contributed by atoms with Crippen LogP contribution in [0.1, 0.15) is 0 Å². The van der Waals surface area contributed by atoms with Gasteiger partial charge in [-0.3, -0.25) is 4.98 Å². The van der Waals surface area contributed by atoms with E-state index in [0.717, 1.165) is 52.3 Å². The Labute approximate surface area is 119 Å². The number of nitrogens with zero attached hydrogens (tertiary/aromatic N) is 2. The second-order valence-corrected chi connectivity index (χ2v) is 5.59. The van der Waals surface area contributed by atoms with Crippen LogP contribution in [-0.2, 0) is 0 Å². The molecule has 0 radical (unpaired) electrons. The fourth-order valence-corrected chi connectivity index (χ4v) is 3.10. The first-order valence-corrected chi connectivity index (χ1v) is 7.13. The second-order valence-electron chi connectivity index (χ2n) is 4.33. The summed E-state index contributed by atoms with van der Waals surface area (Å²) in [5.41, 5.74) is 2.07. The summed E-state index contributed by atoms with van der Waals surface area (Å²) < 4.78 is 1.01. The maximum Gasteiger partial charge on any atom is 0.0865 e. The monoisotopic (exact) mass is 325 g/mol. The largest absolute Gasteiger partial charge is 0.367 e. The smallest absolute Gasteiger partial charge is 0.0865 e. The molecule has 1 aromatic carbocycles. The van der Waals surface area contributed by atoms with Crippen LogP contribution < -0.4 is 10.2 Å². The van der Waals surface area contributed by atoms with Crippen LogP contribution in [0.15, 0.2) is 28.9 Å². The average Bonchev–Trinajstić information content (AvgIpc) is 2.40. The van der Waals surface area contributed by atoms with Crippen molar-refractivity contribution in [3.05, 3.63) is 33.9 Å². The van der Waals surface area contributed by atoms with Crippen molar-refractivity contribution in [2.24, 2.45) is 0 Å². The Kier molecular flexibility index (Phi) is 3.41. The highest BCUT2D eigenvalue weighted by Crippen LogP contribution is 2.35. The molecule has 0 atom stereocenters. The molecule has 1 aliphatic rings. The number of pyridine rings is 1. The van der Waals surface area contributed by atoms with Crippen LogP contribution in [0.4, 0.5) is 5.69 Å². The standard InChI is InChI=1S/C13H13BrClN3/c14-10-3-1-2-9-12(10)17-8-11(15)13(9)18-6-4-16-5-7-18/h1-3,8,16H,4-7H2. The Morgan fingerprint density at radius 3 is 2.83 bits per heavy atom. The van der Waals surface area contributed by atoms with Crippen molar-refractivity contribution in [2.45, 2.75) is 0 Å². The molecule has 1 aromatic heterocycles. The van der Waals surface area contributed by atoms with E-state index in [4.69, 9.17) is 11.6 Å². The van der Waals surface area contributed by atoms with Gasteiger partial charge in [0.05, 0.1) is 16.2 Å². The van der Waals surface area contributed by atoms with E-state index in [9.17, 15) is 0 Å². The normalized spacial score (nSPS) is 16.2. The molecular formula is C13H13BrClN3. The summed E-state index contributed by atoms with van der Waals surface area (Å²) in [5, 5.41) is 5.19. The molecule has 0 bridgehead atoms. The van der Waals surface area contributed by atoms with Gasteiger partial charge in [0.25, 0.3) is 0 Å². The summed E-state index contributed by atoms with van der Waals surface area (Å²) >= 11 is 9.89. The van der Waals surface area contributed by atoms with Crippen LogP contribution in [0.2, 0.25) is 5.02 Å². The van der Waals surface area contributed by atoms with Crippen LogP contribution in [-0.4, -0.2) is 31.2 Å². The van der Waals surface area contributed by atoms with E-state index in [1.54, 1.807) is 6.20 Å². The number of hydrogen-bond acceptors (Lipinski definition) is 3. The van der Waals surface area contributed by atoms with Crippen molar-refractivity contribution in [3.63, 3.8) is 0 Å². The first kappa shape index (κ1) is 12.2. The topological polar surface area (TPSA) is 28.2 Å². The summed E-state index contributed by atoms with van der Waals surface area (Å²) in [6, 6.07) is 6.11. The van der Waals surface area contributed by atoms with Crippen LogP contribution >= 0.6 is 27.5 Å². The van der Waals surface area contributed by atoms with Gasteiger partial charge < -0.3 is 10.2 Å². The molecule has 0 unspecified atom stereocenters. The number of halogens is 2. The van der Waals surface area contributed by atoms with E-state index in [-0.39, 0.29) is 0 Å². The minimum atomic E-state index is 0.725. The molecule has 18 heavy (non-hydrogen) atoms. The molecule has 1 N–H and O–H groups in total. The molecule has 0 amide bonds. The molecule has 2 heterocycles. The van der Waals surface area contributed by atoms with Gasteiger partial charge in [-0.15, -0.1) is 0 Å². The molecule has 1 saturated heterocycles. The lowest BCUT2D eigenvalue weighted by Gasteiger charge is -2.31. The molecule has 94 valence electrons. The number of piperazine rings is 1. The quantitative estimate of drug-likeness (QED) is 0.873. The van der Waals surface area contributed by atoms with Gasteiger partial charge in [-0.1, -0.05) is 23.7 Å². The van der Waals surface area contributed by atoms with Gasteiger partial charge in [0, 0.05) is 42.2 Å². The highest BCUT2D eigenvalue weighted by Gasteiger charge is 2.17. The number of para-hydroxylation sites is 1. The van der Waals surface area contributed by atoms with Gasteiger partial charge in [-0.2, -0.15) is 0 Å². The highest BCUT2D eigenvalue weighted by atomic mass is 79.9. The van der Waals surface area contributed by atoms with E-state index in [0.29, 0.717) is 0 Å². The molecule has 0 saturated carbocycles. The third-order valence-corrected chi connectivity index (χ3v) is 4.12. The maximum absolute atomic E-state index is 6.35. The first-order chi connectivity index (χ1) is 8.77.